The number of fused-ring (bicyclic) bond motifs is 2. The standard InChI is InChI=1S/C70H94N18O20S2/c1-33(2)13-18-44(61(99)79-46(20-22-58(96)97)62(100)84-50(26-55(72)93)60(98)77-30-57(74)95)80-65(103)48(24-37-28-75-42-11-7-5-9-40(37)42)83-64(102)47(23-36-14-16-39(91)17-15-36)82-69(107)53(32-110)87-63(101)45(19-21-54(71)92)81-66(104)49(25-38-29-76-43-12-8-6-10-41(38)43)86-70(108)59(34(3)89)88-67(105)51(27-56(73)94)85-68(106)52(31-109)78-35(4)90/h5-12,14-17,28-29,33-34,44-53,59,75-76,89,91,109-110H,13,18-27,30-32H2,1-4H3,(H2,71,92)(H2,72,93)(H2,73,94)(H2,74,95)(H,77,98)(H,78,90)(H,79,99)(H,80,103)(H,81,104)(H,82,107)(H,83,102)(H,84,100)(H,85,106)(H,86,108)(H,87,101)(H,88,105)(H,96,97)/t34-,44+,45+,46+,47+,48+,49+,50+,51+,52+,53+,59+/m1/s1. The third-order valence-corrected chi connectivity index (χ3v) is 17.7. The number of carboxylic acid groups (broad SMARTS) is 1. The van der Waals surface area contributed by atoms with Gasteiger partial charge in [-0.3, -0.25) is 81.5 Å². The van der Waals surface area contributed by atoms with Gasteiger partial charge in [0.05, 0.1) is 25.5 Å². The number of benzene rings is 3. The molecule has 38 nitrogen and oxygen atoms in total. The predicted octanol–water partition coefficient (Wildman–Crippen LogP) is -5.11. The van der Waals surface area contributed by atoms with Crippen molar-refractivity contribution in [2.45, 2.75) is 171 Å². The van der Waals surface area contributed by atoms with E-state index in [4.69, 9.17) is 22.9 Å². The number of carboxylic acids is 1. The minimum absolute atomic E-state index is 0.132. The quantitative estimate of drug-likeness (QED) is 0.0162. The molecule has 40 heteroatoms. The molecular weight excluding hydrogens is 1480 g/mol. The maximum absolute atomic E-state index is 15.1. The van der Waals surface area contributed by atoms with Crippen molar-refractivity contribution in [2.75, 3.05) is 18.1 Å². The number of aromatic hydroxyl groups is 1. The number of H-pyrrole nitrogens is 2. The van der Waals surface area contributed by atoms with Crippen LogP contribution in [-0.2, 0) is 101 Å². The molecule has 0 aliphatic rings. The summed E-state index contributed by atoms with van der Waals surface area (Å²) in [5.41, 5.74) is 23.8. The van der Waals surface area contributed by atoms with Gasteiger partial charge in [0.25, 0.3) is 0 Å². The van der Waals surface area contributed by atoms with Crippen molar-refractivity contribution in [1.29, 1.82) is 0 Å². The normalized spacial score (nSPS) is 14.4. The molecule has 596 valence electrons. The lowest BCUT2D eigenvalue weighted by molar-refractivity contribution is -0.139. The smallest absolute Gasteiger partial charge is 0.303 e. The molecule has 0 saturated carbocycles. The Morgan fingerprint density at radius 3 is 1.20 bits per heavy atom. The number of phenols is 1. The summed E-state index contributed by atoms with van der Waals surface area (Å²) in [6.45, 7) is 5.08. The Morgan fingerprint density at radius 1 is 0.409 bits per heavy atom. The van der Waals surface area contributed by atoms with Gasteiger partial charge in [-0.2, -0.15) is 25.3 Å². The molecule has 0 aliphatic heterocycles. The first-order valence-corrected chi connectivity index (χ1v) is 35.9. The molecule has 110 heavy (non-hydrogen) atoms. The summed E-state index contributed by atoms with van der Waals surface area (Å²) in [6, 6.07) is 0.349. The first kappa shape index (κ1) is 88.8. The third-order valence-electron chi connectivity index (χ3n) is 17.0. The molecule has 0 fully saturated rings. The van der Waals surface area contributed by atoms with Gasteiger partial charge in [-0.15, -0.1) is 0 Å². The molecular formula is C70H94N18O20S2. The second kappa shape index (κ2) is 43.3. The number of hydrogen-bond donors (Lipinski definition) is 23. The number of aliphatic hydroxyl groups is 1. The van der Waals surface area contributed by atoms with Gasteiger partial charge in [-0.1, -0.05) is 62.4 Å². The number of carbonyl (C=O) groups is 17. The van der Waals surface area contributed by atoms with Crippen LogP contribution in [0.5, 0.6) is 5.75 Å². The predicted molar refractivity (Wildman–Crippen MR) is 401 cm³/mol. The topological polar surface area (TPSA) is 631 Å². The number of nitrogens with one attached hydrogen (secondary N) is 14. The lowest BCUT2D eigenvalue weighted by Gasteiger charge is -2.29. The summed E-state index contributed by atoms with van der Waals surface area (Å²) in [4.78, 5) is 235. The Bertz CT molecular complexity index is 4170. The SMILES string of the molecule is CC(=O)N[C@@H](CS)C(=O)N[C@@H](CC(N)=O)C(=O)N[C@H](C(=O)N[C@@H](Cc1c[nH]c2ccccc12)C(=O)N[C@@H](CCC(N)=O)C(=O)N[C@@H](CS)C(=O)N[C@@H](Cc1ccc(O)cc1)C(=O)N[C@@H](Cc1c[nH]c2ccccc12)C(=O)N[C@@H](CCC(C)C)C(=O)N[C@@H](CCC(=O)O)C(=O)N[C@@H](CC(N)=O)C(=O)NCC(N)=O)[C@@H](C)O. The number of phenolic OH excluding ortho intramolecular Hbond substituents is 1. The molecule has 0 bridgehead atoms. The van der Waals surface area contributed by atoms with E-state index < -0.39 is 224 Å². The summed E-state index contributed by atoms with van der Waals surface area (Å²) in [5, 5.41) is 61.0. The number of para-hydroxylation sites is 2. The van der Waals surface area contributed by atoms with Crippen molar-refractivity contribution in [1.82, 2.24) is 73.8 Å². The number of nitrogens with two attached hydrogens (primary N) is 4. The van der Waals surface area contributed by atoms with Gasteiger partial charge in [0.15, 0.2) is 0 Å². The van der Waals surface area contributed by atoms with E-state index >= 15 is 9.59 Å². The van der Waals surface area contributed by atoms with Crippen LogP contribution >= 0.6 is 25.3 Å². The van der Waals surface area contributed by atoms with Crippen LogP contribution < -0.4 is 86.7 Å². The number of amides is 16. The number of hydrogen-bond acceptors (Lipinski definition) is 21. The molecule has 12 atom stereocenters. The molecule has 5 aromatic rings. The van der Waals surface area contributed by atoms with Crippen LogP contribution in [0.3, 0.4) is 0 Å². The molecule has 0 aliphatic carbocycles. The molecule has 0 unspecified atom stereocenters. The fourth-order valence-electron chi connectivity index (χ4n) is 11.2. The van der Waals surface area contributed by atoms with Crippen LogP contribution in [-0.4, -0.2) is 216 Å². The van der Waals surface area contributed by atoms with Crippen molar-refractivity contribution in [2.24, 2.45) is 28.9 Å². The van der Waals surface area contributed by atoms with E-state index in [0.717, 1.165) is 13.8 Å². The van der Waals surface area contributed by atoms with Crippen molar-refractivity contribution in [3.63, 3.8) is 0 Å². The molecule has 2 heterocycles. The second-order valence-electron chi connectivity index (χ2n) is 26.3. The van der Waals surface area contributed by atoms with E-state index in [1.54, 1.807) is 68.6 Å². The van der Waals surface area contributed by atoms with E-state index in [1.807, 2.05) is 0 Å². The summed E-state index contributed by atoms with van der Waals surface area (Å²) in [7, 11) is 0. The molecule has 5 rings (SSSR count). The van der Waals surface area contributed by atoms with Gasteiger partial charge in [-0.05, 0) is 79.5 Å². The Hall–Kier alpha value is -11.8. The minimum atomic E-state index is -1.96. The Labute approximate surface area is 640 Å². The van der Waals surface area contributed by atoms with Gasteiger partial charge in [0, 0.05) is 84.7 Å². The second-order valence-corrected chi connectivity index (χ2v) is 27.1. The Morgan fingerprint density at radius 2 is 0.782 bits per heavy atom. The van der Waals surface area contributed by atoms with E-state index in [2.05, 4.69) is 99.0 Å². The van der Waals surface area contributed by atoms with Gasteiger partial charge in [0.2, 0.25) is 94.5 Å². The van der Waals surface area contributed by atoms with E-state index in [1.165, 1.54) is 30.5 Å². The summed E-state index contributed by atoms with van der Waals surface area (Å²) in [6.07, 6.45) is -3.80. The first-order valence-electron chi connectivity index (χ1n) is 34.7. The minimum Gasteiger partial charge on any atom is -0.508 e. The van der Waals surface area contributed by atoms with Crippen LogP contribution in [0.1, 0.15) is 95.8 Å². The highest BCUT2D eigenvalue weighted by atomic mass is 32.1. The number of thiol groups is 2. The van der Waals surface area contributed by atoms with Gasteiger partial charge >= 0.3 is 5.97 Å². The number of primary amides is 4. The van der Waals surface area contributed by atoms with Gasteiger partial charge in [0.1, 0.15) is 72.2 Å². The Balaban J connectivity index is 1.48. The van der Waals surface area contributed by atoms with Crippen LogP contribution in [0.2, 0.25) is 0 Å². The first-order chi connectivity index (χ1) is 52.0. The number of carbonyl (C=O) groups excluding carboxylic acids is 16. The van der Waals surface area contributed by atoms with Crippen molar-refractivity contribution in [3.8, 4) is 5.75 Å². The average molecular weight is 1570 g/mol. The van der Waals surface area contributed by atoms with Crippen LogP contribution in [0, 0.1) is 5.92 Å². The maximum atomic E-state index is 15.1. The zero-order valence-corrected chi connectivity index (χ0v) is 62.3. The highest BCUT2D eigenvalue weighted by molar-refractivity contribution is 7.80. The highest BCUT2D eigenvalue weighted by Gasteiger charge is 2.39. The van der Waals surface area contributed by atoms with E-state index in [9.17, 15) is 87.2 Å². The lowest BCUT2D eigenvalue weighted by atomic mass is 9.99. The molecule has 16 amide bonds. The third kappa shape index (κ3) is 28.7. The Kier molecular flexibility index (Phi) is 34.9. The zero-order valence-electron chi connectivity index (χ0n) is 60.5. The number of aliphatic carboxylic acids is 1. The zero-order chi connectivity index (χ0) is 81.6. The number of aliphatic hydroxyl groups excluding tert-OH is 1. The number of aromatic amines is 2. The molecule has 25 N–H and O–H groups in total. The average Bonchev–Trinajstić information content (AvgIpc) is 1.59. The van der Waals surface area contributed by atoms with Crippen LogP contribution in [0.15, 0.2) is 85.2 Å². The molecule has 3 aromatic carbocycles. The fraction of sp³-hybridized carbons (Fsp3) is 0.443. The molecule has 2 aromatic heterocycles. The van der Waals surface area contributed by atoms with Crippen molar-refractivity contribution in [3.05, 3.63) is 102 Å². The monoisotopic (exact) mass is 1570 g/mol. The lowest BCUT2D eigenvalue weighted by Crippen LogP contribution is -2.62. The van der Waals surface area contributed by atoms with E-state index in [-0.39, 0.29) is 49.5 Å². The largest absolute Gasteiger partial charge is 0.508 e. The number of aromatic nitrogens is 2. The summed E-state index contributed by atoms with van der Waals surface area (Å²) < 4.78 is 0. The maximum Gasteiger partial charge on any atom is 0.303 e. The molecule has 0 radical (unpaired) electrons. The molecule has 0 spiro atoms. The number of rotatable bonds is 46. The van der Waals surface area contributed by atoms with Crippen LogP contribution in [0.25, 0.3) is 21.8 Å². The van der Waals surface area contributed by atoms with Crippen molar-refractivity contribution >= 4 is 148 Å². The van der Waals surface area contributed by atoms with Gasteiger partial charge < -0.3 is 112 Å². The van der Waals surface area contributed by atoms with Gasteiger partial charge in [-0.25, -0.2) is 0 Å². The highest BCUT2D eigenvalue weighted by Crippen LogP contribution is 2.23. The van der Waals surface area contributed by atoms with E-state index in [0.29, 0.717) is 38.5 Å². The summed E-state index contributed by atoms with van der Waals surface area (Å²) >= 11 is 8.40. The molecule has 0 saturated heterocycles. The fourth-order valence-corrected chi connectivity index (χ4v) is 11.8. The van der Waals surface area contributed by atoms with Crippen molar-refractivity contribution < 1.29 is 96.8 Å². The summed E-state index contributed by atoms with van der Waals surface area (Å²) in [5.74, 6) is -19.5. The van der Waals surface area contributed by atoms with Crippen LogP contribution in [0.4, 0.5) is 0 Å².